The number of hydrogen-bond donors (Lipinski definition) is 3. The minimum atomic E-state index is -0.356. The molecule has 0 saturated carbocycles. The van der Waals surface area contributed by atoms with E-state index in [1.54, 1.807) is 24.4 Å². The van der Waals surface area contributed by atoms with Gasteiger partial charge in [0.1, 0.15) is 5.75 Å². The fourth-order valence-electron chi connectivity index (χ4n) is 2.24. The molecule has 0 aliphatic heterocycles. The second kappa shape index (κ2) is 6.78. The summed E-state index contributed by atoms with van der Waals surface area (Å²) in [5, 5.41) is 15.5. The van der Waals surface area contributed by atoms with Crippen LogP contribution in [0.25, 0.3) is 11.3 Å². The Morgan fingerprint density at radius 3 is 2.62 bits per heavy atom. The molecule has 24 heavy (non-hydrogen) atoms. The molecule has 0 spiro atoms. The summed E-state index contributed by atoms with van der Waals surface area (Å²) >= 11 is 0. The van der Waals surface area contributed by atoms with Gasteiger partial charge in [0, 0.05) is 24.5 Å². The van der Waals surface area contributed by atoms with Crippen LogP contribution >= 0.6 is 0 Å². The minimum absolute atomic E-state index is 0.0743. The average molecular weight is 320 g/mol. The molecule has 0 bridgehead atoms. The summed E-state index contributed by atoms with van der Waals surface area (Å²) in [5.74, 6) is 0.0223. The second-order valence-corrected chi connectivity index (χ2v) is 5.07. The number of benzene rings is 2. The second-order valence-electron chi connectivity index (χ2n) is 5.07. The van der Waals surface area contributed by atoms with Crippen LogP contribution in [0, 0.1) is 0 Å². The van der Waals surface area contributed by atoms with Gasteiger partial charge in [0.05, 0.1) is 11.3 Å². The number of carbonyl (C=O) groups excluding carboxylic acids is 1. The van der Waals surface area contributed by atoms with E-state index in [1.165, 1.54) is 13.1 Å². The molecule has 3 N–H and O–H groups in total. The van der Waals surface area contributed by atoms with Crippen LogP contribution in [-0.4, -0.2) is 28.0 Å². The molecule has 1 amide bonds. The summed E-state index contributed by atoms with van der Waals surface area (Å²) in [6.45, 7) is 0. The summed E-state index contributed by atoms with van der Waals surface area (Å²) in [4.78, 5) is 20.5. The van der Waals surface area contributed by atoms with Crippen molar-refractivity contribution in [2.45, 2.75) is 0 Å². The van der Waals surface area contributed by atoms with Crippen molar-refractivity contribution in [1.29, 1.82) is 0 Å². The number of para-hydroxylation sites is 1. The number of rotatable bonds is 4. The third-order valence-corrected chi connectivity index (χ3v) is 3.45. The minimum Gasteiger partial charge on any atom is -0.507 e. The number of nitrogens with zero attached hydrogens (tertiary/aromatic N) is 2. The van der Waals surface area contributed by atoms with Crippen molar-refractivity contribution in [2.75, 3.05) is 12.4 Å². The first kappa shape index (κ1) is 15.5. The van der Waals surface area contributed by atoms with E-state index in [-0.39, 0.29) is 17.2 Å². The summed E-state index contributed by atoms with van der Waals surface area (Å²) in [5.41, 5.74) is 2.44. The van der Waals surface area contributed by atoms with E-state index in [0.717, 1.165) is 5.69 Å². The highest BCUT2D eigenvalue weighted by Gasteiger charge is 2.12. The topological polar surface area (TPSA) is 87.1 Å². The lowest BCUT2D eigenvalue weighted by Crippen LogP contribution is -2.17. The molecule has 6 heteroatoms. The van der Waals surface area contributed by atoms with Crippen molar-refractivity contribution in [3.8, 4) is 17.0 Å². The first-order valence-corrected chi connectivity index (χ1v) is 7.38. The molecular weight excluding hydrogens is 304 g/mol. The van der Waals surface area contributed by atoms with Crippen molar-refractivity contribution in [1.82, 2.24) is 15.3 Å². The van der Waals surface area contributed by atoms with E-state index in [0.29, 0.717) is 17.2 Å². The molecule has 1 heterocycles. The Balaban J connectivity index is 1.93. The molecule has 0 atom stereocenters. The normalized spacial score (nSPS) is 10.2. The summed E-state index contributed by atoms with van der Waals surface area (Å²) in [6.07, 6.45) is 1.64. The van der Waals surface area contributed by atoms with Gasteiger partial charge in [-0.25, -0.2) is 9.97 Å². The Hall–Kier alpha value is -3.41. The summed E-state index contributed by atoms with van der Waals surface area (Å²) in [7, 11) is 1.51. The number of aromatic nitrogens is 2. The Morgan fingerprint density at radius 1 is 1.08 bits per heavy atom. The molecular formula is C18H16N4O2. The molecule has 0 aliphatic carbocycles. The van der Waals surface area contributed by atoms with Gasteiger partial charge in [-0.3, -0.25) is 4.79 Å². The van der Waals surface area contributed by atoms with Crippen molar-refractivity contribution >= 4 is 17.5 Å². The Kier molecular flexibility index (Phi) is 4.38. The number of phenols is 1. The van der Waals surface area contributed by atoms with E-state index < -0.39 is 0 Å². The predicted molar refractivity (Wildman–Crippen MR) is 92.2 cm³/mol. The number of hydrogen-bond acceptors (Lipinski definition) is 5. The highest BCUT2D eigenvalue weighted by molar-refractivity contribution is 5.97. The first-order valence-electron chi connectivity index (χ1n) is 7.38. The predicted octanol–water partition coefficient (Wildman–Crippen LogP) is 2.95. The van der Waals surface area contributed by atoms with Gasteiger partial charge in [-0.2, -0.15) is 0 Å². The van der Waals surface area contributed by atoms with Crippen molar-refractivity contribution in [3.63, 3.8) is 0 Å². The Morgan fingerprint density at radius 2 is 1.88 bits per heavy atom. The highest BCUT2D eigenvalue weighted by Crippen LogP contribution is 2.25. The van der Waals surface area contributed by atoms with Gasteiger partial charge in [-0.15, -0.1) is 0 Å². The fourth-order valence-corrected chi connectivity index (χ4v) is 2.24. The Labute approximate surface area is 139 Å². The third-order valence-electron chi connectivity index (χ3n) is 3.45. The number of amides is 1. The zero-order valence-corrected chi connectivity index (χ0v) is 13.0. The van der Waals surface area contributed by atoms with Gasteiger partial charge in [-0.1, -0.05) is 18.2 Å². The van der Waals surface area contributed by atoms with E-state index in [1.807, 2.05) is 30.3 Å². The Bertz CT molecular complexity index is 866. The van der Waals surface area contributed by atoms with Crippen LogP contribution in [0.15, 0.2) is 60.8 Å². The van der Waals surface area contributed by atoms with Crippen LogP contribution in [0.3, 0.4) is 0 Å². The molecule has 1 aromatic heterocycles. The lowest BCUT2D eigenvalue weighted by atomic mass is 10.1. The molecule has 0 aliphatic rings. The molecule has 0 saturated heterocycles. The average Bonchev–Trinajstić information content (AvgIpc) is 2.62. The van der Waals surface area contributed by atoms with Crippen LogP contribution in [-0.2, 0) is 0 Å². The van der Waals surface area contributed by atoms with Crippen molar-refractivity contribution < 1.29 is 9.90 Å². The zero-order valence-electron chi connectivity index (χ0n) is 13.0. The molecule has 6 nitrogen and oxygen atoms in total. The number of anilines is 2. The molecule has 3 rings (SSSR count). The van der Waals surface area contributed by atoms with Gasteiger partial charge >= 0.3 is 0 Å². The monoisotopic (exact) mass is 320 g/mol. The van der Waals surface area contributed by atoms with Crippen LogP contribution in [0.1, 0.15) is 10.4 Å². The van der Waals surface area contributed by atoms with Gasteiger partial charge < -0.3 is 15.7 Å². The van der Waals surface area contributed by atoms with E-state index in [2.05, 4.69) is 20.6 Å². The van der Waals surface area contributed by atoms with E-state index in [9.17, 15) is 9.90 Å². The van der Waals surface area contributed by atoms with E-state index >= 15 is 0 Å². The van der Waals surface area contributed by atoms with Crippen LogP contribution in [0.4, 0.5) is 11.6 Å². The maximum absolute atomic E-state index is 11.8. The molecule has 0 fully saturated rings. The first-order chi connectivity index (χ1) is 11.7. The summed E-state index contributed by atoms with van der Waals surface area (Å²) in [6, 6.07) is 16.1. The number of aromatic hydroxyl groups is 1. The standard InChI is InChI=1S/C18H16N4O2/c1-19-17(24)14-11-12(7-8-16(14)23)15-9-10-20-18(22-15)21-13-5-3-2-4-6-13/h2-11,23H,1H3,(H,19,24)(H,20,21,22). The van der Waals surface area contributed by atoms with Gasteiger partial charge in [0.25, 0.3) is 5.91 Å². The van der Waals surface area contributed by atoms with Crippen molar-refractivity contribution in [3.05, 3.63) is 66.4 Å². The van der Waals surface area contributed by atoms with Gasteiger partial charge in [-0.05, 0) is 36.4 Å². The smallest absolute Gasteiger partial charge is 0.254 e. The molecule has 0 unspecified atom stereocenters. The van der Waals surface area contributed by atoms with Crippen LogP contribution in [0.2, 0.25) is 0 Å². The van der Waals surface area contributed by atoms with Crippen molar-refractivity contribution in [2.24, 2.45) is 0 Å². The number of carbonyl (C=O) groups is 1. The molecule has 0 radical (unpaired) electrons. The van der Waals surface area contributed by atoms with E-state index in [4.69, 9.17) is 0 Å². The lowest BCUT2D eigenvalue weighted by Gasteiger charge is -2.08. The SMILES string of the molecule is CNC(=O)c1cc(-c2ccnc(Nc3ccccc3)n2)ccc1O. The number of nitrogens with one attached hydrogen (secondary N) is 2. The highest BCUT2D eigenvalue weighted by atomic mass is 16.3. The van der Waals surface area contributed by atoms with Crippen LogP contribution < -0.4 is 10.6 Å². The summed E-state index contributed by atoms with van der Waals surface area (Å²) < 4.78 is 0. The van der Waals surface area contributed by atoms with Gasteiger partial charge in [0.15, 0.2) is 0 Å². The van der Waals surface area contributed by atoms with Crippen LogP contribution in [0.5, 0.6) is 5.75 Å². The van der Waals surface area contributed by atoms with Gasteiger partial charge in [0.2, 0.25) is 5.95 Å². The molecule has 2 aromatic carbocycles. The molecule has 3 aromatic rings. The maximum Gasteiger partial charge on any atom is 0.254 e. The largest absolute Gasteiger partial charge is 0.507 e. The number of phenolic OH excluding ortho intramolecular Hbond substituents is 1. The maximum atomic E-state index is 11.8. The third kappa shape index (κ3) is 3.33. The molecule has 120 valence electrons. The quantitative estimate of drug-likeness (QED) is 0.688. The lowest BCUT2D eigenvalue weighted by molar-refractivity contribution is 0.0960. The fraction of sp³-hybridized carbons (Fsp3) is 0.0556. The zero-order chi connectivity index (χ0) is 16.9.